The maximum atomic E-state index is 5.72. The van der Waals surface area contributed by atoms with Crippen molar-refractivity contribution in [3.63, 3.8) is 0 Å². The molecule has 1 aliphatic heterocycles. The fourth-order valence-electron chi connectivity index (χ4n) is 3.23. The summed E-state index contributed by atoms with van der Waals surface area (Å²) in [7, 11) is 0. The molecule has 0 amide bonds. The van der Waals surface area contributed by atoms with Crippen LogP contribution in [-0.2, 0) is 4.74 Å². The van der Waals surface area contributed by atoms with Gasteiger partial charge in [-0.15, -0.1) is 0 Å². The summed E-state index contributed by atoms with van der Waals surface area (Å²) in [6.45, 7) is 5.18. The third-order valence-electron chi connectivity index (χ3n) is 4.25. The zero-order chi connectivity index (χ0) is 11.9. The van der Waals surface area contributed by atoms with Crippen LogP contribution < -0.4 is 5.73 Å². The number of nitrogens with zero attached hydrogens (tertiary/aromatic N) is 1. The lowest BCUT2D eigenvalue weighted by molar-refractivity contribution is 0.00723. The highest BCUT2D eigenvalue weighted by molar-refractivity contribution is 4.76. The maximum Gasteiger partial charge on any atom is 0.0600 e. The number of likely N-dealkylation sites (tertiary alicyclic amines) is 1. The van der Waals surface area contributed by atoms with E-state index in [1.807, 2.05) is 0 Å². The molecule has 100 valence electrons. The van der Waals surface area contributed by atoms with Crippen LogP contribution in [0.3, 0.4) is 0 Å². The number of hydrogen-bond acceptors (Lipinski definition) is 3. The van der Waals surface area contributed by atoms with Gasteiger partial charge in [0.05, 0.1) is 12.7 Å². The molecule has 3 nitrogen and oxygen atoms in total. The topological polar surface area (TPSA) is 38.5 Å². The lowest BCUT2D eigenvalue weighted by Crippen LogP contribution is -2.40. The molecule has 0 aromatic carbocycles. The molecule has 0 bridgehead atoms. The zero-order valence-corrected chi connectivity index (χ0v) is 11.1. The monoisotopic (exact) mass is 240 g/mol. The van der Waals surface area contributed by atoms with Crippen LogP contribution in [0.4, 0.5) is 0 Å². The highest BCUT2D eigenvalue weighted by Crippen LogP contribution is 2.25. The lowest BCUT2D eigenvalue weighted by atomic mass is 9.88. The molecule has 1 heterocycles. The third kappa shape index (κ3) is 4.57. The van der Waals surface area contributed by atoms with E-state index in [1.165, 1.54) is 64.6 Å². The van der Waals surface area contributed by atoms with Gasteiger partial charge in [0.25, 0.3) is 0 Å². The number of nitrogens with two attached hydrogens (primary N) is 1. The first-order valence-electron chi connectivity index (χ1n) is 7.42. The number of ether oxygens (including phenoxy) is 1. The second kappa shape index (κ2) is 7.34. The van der Waals surface area contributed by atoms with Crippen LogP contribution in [0.15, 0.2) is 0 Å². The van der Waals surface area contributed by atoms with E-state index < -0.39 is 0 Å². The van der Waals surface area contributed by atoms with E-state index in [0.29, 0.717) is 12.6 Å². The molecule has 0 aromatic heterocycles. The van der Waals surface area contributed by atoms with Crippen LogP contribution in [0.5, 0.6) is 0 Å². The Balaban J connectivity index is 1.61. The van der Waals surface area contributed by atoms with Gasteiger partial charge in [0, 0.05) is 26.2 Å². The molecule has 2 aliphatic rings. The molecule has 0 unspecified atom stereocenters. The van der Waals surface area contributed by atoms with Crippen LogP contribution in [0, 0.1) is 5.92 Å². The van der Waals surface area contributed by atoms with Crippen molar-refractivity contribution in [2.24, 2.45) is 11.7 Å². The van der Waals surface area contributed by atoms with Crippen molar-refractivity contribution in [1.82, 2.24) is 4.90 Å². The molecular formula is C14H28N2O. The molecule has 1 saturated heterocycles. The van der Waals surface area contributed by atoms with Gasteiger partial charge in [-0.3, -0.25) is 0 Å². The number of piperidine rings is 1. The van der Waals surface area contributed by atoms with Gasteiger partial charge in [-0.25, -0.2) is 0 Å². The summed E-state index contributed by atoms with van der Waals surface area (Å²) in [4.78, 5) is 2.65. The van der Waals surface area contributed by atoms with Gasteiger partial charge in [-0.1, -0.05) is 19.3 Å². The smallest absolute Gasteiger partial charge is 0.0600 e. The first kappa shape index (κ1) is 13.3. The summed E-state index contributed by atoms with van der Waals surface area (Å²) < 4.78 is 5.72. The third-order valence-corrected chi connectivity index (χ3v) is 4.25. The summed E-state index contributed by atoms with van der Waals surface area (Å²) >= 11 is 0. The van der Waals surface area contributed by atoms with Crippen molar-refractivity contribution in [2.75, 3.05) is 32.8 Å². The van der Waals surface area contributed by atoms with E-state index in [2.05, 4.69) is 4.90 Å². The Kier molecular flexibility index (Phi) is 5.75. The van der Waals surface area contributed by atoms with Crippen LogP contribution in [0.2, 0.25) is 0 Å². The van der Waals surface area contributed by atoms with Crippen LogP contribution in [-0.4, -0.2) is 43.8 Å². The van der Waals surface area contributed by atoms with E-state index in [1.54, 1.807) is 0 Å². The molecule has 0 atom stereocenters. The predicted molar refractivity (Wildman–Crippen MR) is 71.0 cm³/mol. The van der Waals surface area contributed by atoms with Gasteiger partial charge in [0.15, 0.2) is 0 Å². The molecule has 1 saturated carbocycles. The highest BCUT2D eigenvalue weighted by Gasteiger charge is 2.22. The van der Waals surface area contributed by atoms with E-state index in [4.69, 9.17) is 10.5 Å². The molecule has 0 aromatic rings. The van der Waals surface area contributed by atoms with Crippen LogP contribution in [0.25, 0.3) is 0 Å². The maximum absolute atomic E-state index is 5.72. The van der Waals surface area contributed by atoms with Crippen molar-refractivity contribution in [2.45, 2.75) is 51.0 Å². The van der Waals surface area contributed by atoms with Gasteiger partial charge in [-0.2, -0.15) is 0 Å². The molecule has 2 rings (SSSR count). The van der Waals surface area contributed by atoms with E-state index in [-0.39, 0.29) is 0 Å². The second-order valence-electron chi connectivity index (χ2n) is 5.66. The first-order valence-corrected chi connectivity index (χ1v) is 7.42. The van der Waals surface area contributed by atoms with E-state index >= 15 is 0 Å². The van der Waals surface area contributed by atoms with Crippen LogP contribution >= 0.6 is 0 Å². The Bertz CT molecular complexity index is 196. The average Bonchev–Trinajstić information content (AvgIpc) is 2.39. The molecule has 17 heavy (non-hydrogen) atoms. The Hall–Kier alpha value is -0.120. The molecule has 3 heteroatoms. The lowest BCUT2D eigenvalue weighted by Gasteiger charge is -2.35. The highest BCUT2D eigenvalue weighted by atomic mass is 16.5. The Morgan fingerprint density at radius 2 is 1.71 bits per heavy atom. The quantitative estimate of drug-likeness (QED) is 0.799. The minimum atomic E-state index is 0.473. The summed E-state index contributed by atoms with van der Waals surface area (Å²) in [5.74, 6) is 0.977. The van der Waals surface area contributed by atoms with Gasteiger partial charge < -0.3 is 15.4 Å². The minimum absolute atomic E-state index is 0.473. The zero-order valence-electron chi connectivity index (χ0n) is 11.1. The van der Waals surface area contributed by atoms with Gasteiger partial charge >= 0.3 is 0 Å². The molecule has 2 N–H and O–H groups in total. The second-order valence-corrected chi connectivity index (χ2v) is 5.66. The molecule has 2 fully saturated rings. The van der Waals surface area contributed by atoms with E-state index in [9.17, 15) is 0 Å². The summed E-state index contributed by atoms with van der Waals surface area (Å²) in [5.41, 5.74) is 5.46. The van der Waals surface area contributed by atoms with Gasteiger partial charge in [0.2, 0.25) is 0 Å². The van der Waals surface area contributed by atoms with Crippen molar-refractivity contribution in [1.29, 1.82) is 0 Å². The normalized spacial score (nSPS) is 25.2. The van der Waals surface area contributed by atoms with Crippen molar-refractivity contribution >= 4 is 0 Å². The molecule has 0 radical (unpaired) electrons. The van der Waals surface area contributed by atoms with E-state index in [0.717, 1.165) is 12.5 Å². The number of hydrogen-bond donors (Lipinski definition) is 1. The summed E-state index contributed by atoms with van der Waals surface area (Å²) in [5, 5.41) is 0. The van der Waals surface area contributed by atoms with Crippen molar-refractivity contribution in [3.05, 3.63) is 0 Å². The minimum Gasteiger partial charge on any atom is -0.377 e. The Labute approximate surface area is 106 Å². The SMILES string of the molecule is NCCOC1CCN(CC2CCCCC2)CC1. The predicted octanol–water partition coefficient (Wildman–Crippen LogP) is 2.01. The Morgan fingerprint density at radius 1 is 1.00 bits per heavy atom. The first-order chi connectivity index (χ1) is 8.38. The van der Waals surface area contributed by atoms with Gasteiger partial charge in [0.1, 0.15) is 0 Å². The van der Waals surface area contributed by atoms with Crippen molar-refractivity contribution in [3.8, 4) is 0 Å². The summed E-state index contributed by atoms with van der Waals surface area (Å²) in [6.07, 6.45) is 10.2. The molecular weight excluding hydrogens is 212 g/mol. The van der Waals surface area contributed by atoms with Gasteiger partial charge in [-0.05, 0) is 31.6 Å². The Morgan fingerprint density at radius 3 is 2.35 bits per heavy atom. The molecule has 1 aliphatic carbocycles. The summed E-state index contributed by atoms with van der Waals surface area (Å²) in [6, 6.07) is 0. The number of rotatable bonds is 5. The van der Waals surface area contributed by atoms with Crippen LogP contribution in [0.1, 0.15) is 44.9 Å². The fraction of sp³-hybridized carbons (Fsp3) is 1.00. The average molecular weight is 240 g/mol. The largest absolute Gasteiger partial charge is 0.377 e. The standard InChI is InChI=1S/C14H28N2O/c15-8-11-17-14-6-9-16(10-7-14)12-13-4-2-1-3-5-13/h13-14H,1-12,15H2. The molecule has 0 spiro atoms. The van der Waals surface area contributed by atoms with Crippen molar-refractivity contribution < 1.29 is 4.74 Å². The fourth-order valence-corrected chi connectivity index (χ4v) is 3.23.